The molecule has 19 heavy (non-hydrogen) atoms. The second kappa shape index (κ2) is 7.74. The van der Waals surface area contributed by atoms with E-state index in [2.05, 4.69) is 10.6 Å². The molecule has 5 heteroatoms. The predicted octanol–water partition coefficient (Wildman–Crippen LogP) is 1.84. The molecule has 4 nitrogen and oxygen atoms in total. The molecule has 0 aliphatic heterocycles. The smallest absolute Gasteiger partial charge is 0.260 e. The first-order valence-corrected chi connectivity index (χ1v) is 6.51. The highest BCUT2D eigenvalue weighted by Gasteiger charge is 2.14. The van der Waals surface area contributed by atoms with Gasteiger partial charge in [-0.2, -0.15) is 0 Å². The van der Waals surface area contributed by atoms with Crippen molar-refractivity contribution in [2.45, 2.75) is 33.4 Å². The van der Waals surface area contributed by atoms with Crippen LogP contribution in [0.4, 0.5) is 4.39 Å². The molecule has 0 spiro atoms. The van der Waals surface area contributed by atoms with Crippen molar-refractivity contribution < 1.29 is 13.9 Å². The van der Waals surface area contributed by atoms with Crippen LogP contribution in [0.1, 0.15) is 26.3 Å². The quantitative estimate of drug-likeness (QED) is 0.793. The fourth-order valence-corrected chi connectivity index (χ4v) is 1.64. The maximum atomic E-state index is 13.4. The molecular formula is C14H21FN2O2. The van der Waals surface area contributed by atoms with Gasteiger partial charge in [-0.3, -0.25) is 4.79 Å². The van der Waals surface area contributed by atoms with Crippen LogP contribution in [-0.2, 0) is 11.3 Å². The molecule has 1 unspecified atom stereocenters. The van der Waals surface area contributed by atoms with Crippen LogP contribution in [0.2, 0.25) is 0 Å². The normalized spacial score (nSPS) is 12.0. The Morgan fingerprint density at radius 3 is 2.68 bits per heavy atom. The Balaban J connectivity index is 2.71. The lowest BCUT2D eigenvalue weighted by molar-refractivity contribution is -0.127. The standard InChI is InChI=1S/C14H21FN2O2/c1-4-16-9-11-6-12(15)8-13(7-11)19-10(3)14(18)17-5-2/h6-8,10,16H,4-5,9H2,1-3H3,(H,17,18). The fraction of sp³-hybridized carbons (Fsp3) is 0.500. The fourth-order valence-electron chi connectivity index (χ4n) is 1.64. The summed E-state index contributed by atoms with van der Waals surface area (Å²) in [6.45, 7) is 7.37. The van der Waals surface area contributed by atoms with Crippen molar-refractivity contribution in [3.63, 3.8) is 0 Å². The summed E-state index contributed by atoms with van der Waals surface area (Å²) in [6.07, 6.45) is -0.645. The van der Waals surface area contributed by atoms with Crippen molar-refractivity contribution in [2.75, 3.05) is 13.1 Å². The van der Waals surface area contributed by atoms with E-state index in [1.807, 2.05) is 13.8 Å². The van der Waals surface area contributed by atoms with Gasteiger partial charge in [-0.15, -0.1) is 0 Å². The zero-order valence-electron chi connectivity index (χ0n) is 11.6. The van der Waals surface area contributed by atoms with Crippen LogP contribution in [0.25, 0.3) is 0 Å². The summed E-state index contributed by atoms with van der Waals surface area (Å²) in [5, 5.41) is 5.77. The van der Waals surface area contributed by atoms with Crippen molar-refractivity contribution in [1.29, 1.82) is 0 Å². The van der Waals surface area contributed by atoms with E-state index in [-0.39, 0.29) is 11.7 Å². The average molecular weight is 268 g/mol. The zero-order valence-corrected chi connectivity index (χ0v) is 11.6. The van der Waals surface area contributed by atoms with E-state index in [4.69, 9.17) is 4.74 Å². The monoisotopic (exact) mass is 268 g/mol. The van der Waals surface area contributed by atoms with E-state index in [1.165, 1.54) is 12.1 Å². The Bertz CT molecular complexity index is 424. The summed E-state index contributed by atoms with van der Waals surface area (Å²) < 4.78 is 18.9. The second-order valence-electron chi connectivity index (χ2n) is 4.23. The Morgan fingerprint density at radius 1 is 1.32 bits per heavy atom. The van der Waals surface area contributed by atoms with Crippen molar-refractivity contribution in [1.82, 2.24) is 10.6 Å². The lowest BCUT2D eigenvalue weighted by Crippen LogP contribution is -2.36. The van der Waals surface area contributed by atoms with Crippen LogP contribution in [0.5, 0.6) is 5.75 Å². The van der Waals surface area contributed by atoms with Crippen LogP contribution < -0.4 is 15.4 Å². The third-order valence-electron chi connectivity index (χ3n) is 2.54. The molecular weight excluding hydrogens is 247 g/mol. The number of hydrogen-bond acceptors (Lipinski definition) is 3. The van der Waals surface area contributed by atoms with E-state index >= 15 is 0 Å². The number of carbonyl (C=O) groups excluding carboxylic acids is 1. The van der Waals surface area contributed by atoms with E-state index in [9.17, 15) is 9.18 Å². The maximum absolute atomic E-state index is 13.4. The second-order valence-corrected chi connectivity index (χ2v) is 4.23. The SMILES string of the molecule is CCNCc1cc(F)cc(OC(C)C(=O)NCC)c1. The number of benzene rings is 1. The van der Waals surface area contributed by atoms with Gasteiger partial charge in [-0.25, -0.2) is 4.39 Å². The van der Waals surface area contributed by atoms with Gasteiger partial charge in [0, 0.05) is 19.2 Å². The number of hydrogen-bond donors (Lipinski definition) is 2. The Kier molecular flexibility index (Phi) is 6.29. The van der Waals surface area contributed by atoms with E-state index in [0.717, 1.165) is 12.1 Å². The molecule has 2 N–H and O–H groups in total. The molecule has 1 amide bonds. The Hall–Kier alpha value is -1.62. The van der Waals surface area contributed by atoms with Crippen LogP contribution in [-0.4, -0.2) is 25.1 Å². The molecule has 1 atom stereocenters. The molecule has 1 aromatic rings. The first-order valence-electron chi connectivity index (χ1n) is 6.51. The van der Waals surface area contributed by atoms with Crippen LogP contribution in [0.3, 0.4) is 0 Å². The molecule has 0 aromatic heterocycles. The molecule has 106 valence electrons. The summed E-state index contributed by atoms with van der Waals surface area (Å²) in [7, 11) is 0. The summed E-state index contributed by atoms with van der Waals surface area (Å²) in [5.41, 5.74) is 0.792. The minimum Gasteiger partial charge on any atom is -0.481 e. The third kappa shape index (κ3) is 5.26. The predicted molar refractivity (Wildman–Crippen MR) is 72.6 cm³/mol. The summed E-state index contributed by atoms with van der Waals surface area (Å²) in [6, 6.07) is 4.47. The minimum atomic E-state index is -0.645. The van der Waals surface area contributed by atoms with Crippen molar-refractivity contribution in [3.05, 3.63) is 29.6 Å². The van der Waals surface area contributed by atoms with Crippen LogP contribution in [0.15, 0.2) is 18.2 Å². The van der Waals surface area contributed by atoms with Gasteiger partial charge in [-0.1, -0.05) is 6.92 Å². The number of carbonyl (C=O) groups is 1. The minimum absolute atomic E-state index is 0.208. The van der Waals surface area contributed by atoms with Gasteiger partial charge in [0.2, 0.25) is 0 Å². The third-order valence-corrected chi connectivity index (χ3v) is 2.54. The number of ether oxygens (including phenoxy) is 1. The lowest BCUT2D eigenvalue weighted by Gasteiger charge is -2.15. The molecule has 1 rings (SSSR count). The van der Waals surface area contributed by atoms with Gasteiger partial charge in [0.05, 0.1) is 0 Å². The Morgan fingerprint density at radius 2 is 2.05 bits per heavy atom. The molecule has 0 saturated heterocycles. The van der Waals surface area contributed by atoms with Gasteiger partial charge < -0.3 is 15.4 Å². The van der Waals surface area contributed by atoms with Gasteiger partial charge >= 0.3 is 0 Å². The highest BCUT2D eigenvalue weighted by atomic mass is 19.1. The lowest BCUT2D eigenvalue weighted by atomic mass is 10.2. The topological polar surface area (TPSA) is 50.4 Å². The van der Waals surface area contributed by atoms with Crippen molar-refractivity contribution >= 4 is 5.91 Å². The Labute approximate surface area is 113 Å². The van der Waals surface area contributed by atoms with E-state index < -0.39 is 6.10 Å². The molecule has 0 fully saturated rings. The summed E-state index contributed by atoms with van der Waals surface area (Å²) in [5.74, 6) is -0.208. The number of amides is 1. The van der Waals surface area contributed by atoms with Crippen molar-refractivity contribution in [3.8, 4) is 5.75 Å². The zero-order chi connectivity index (χ0) is 14.3. The van der Waals surface area contributed by atoms with Gasteiger partial charge in [0.1, 0.15) is 11.6 Å². The molecule has 0 saturated carbocycles. The number of likely N-dealkylation sites (N-methyl/N-ethyl adjacent to an activating group) is 1. The molecule has 0 heterocycles. The first-order chi connectivity index (χ1) is 9.06. The average Bonchev–Trinajstić information content (AvgIpc) is 2.36. The van der Waals surface area contributed by atoms with E-state index in [0.29, 0.717) is 18.8 Å². The molecule has 0 aliphatic carbocycles. The number of nitrogens with one attached hydrogen (secondary N) is 2. The van der Waals surface area contributed by atoms with Crippen LogP contribution >= 0.6 is 0 Å². The van der Waals surface area contributed by atoms with Crippen LogP contribution in [0, 0.1) is 5.82 Å². The molecule has 0 aliphatic rings. The molecule has 1 aromatic carbocycles. The van der Waals surface area contributed by atoms with Crippen molar-refractivity contribution in [2.24, 2.45) is 0 Å². The summed E-state index contributed by atoms with van der Waals surface area (Å²) >= 11 is 0. The highest BCUT2D eigenvalue weighted by molar-refractivity contribution is 5.80. The maximum Gasteiger partial charge on any atom is 0.260 e. The molecule has 0 bridgehead atoms. The van der Waals surface area contributed by atoms with Gasteiger partial charge in [-0.05, 0) is 38.1 Å². The highest BCUT2D eigenvalue weighted by Crippen LogP contribution is 2.18. The number of halogens is 1. The largest absolute Gasteiger partial charge is 0.481 e. The van der Waals surface area contributed by atoms with Gasteiger partial charge in [0.15, 0.2) is 6.10 Å². The summed E-state index contributed by atoms with van der Waals surface area (Å²) in [4.78, 5) is 11.5. The first kappa shape index (κ1) is 15.4. The number of rotatable bonds is 7. The molecule has 0 radical (unpaired) electrons. The van der Waals surface area contributed by atoms with E-state index in [1.54, 1.807) is 13.0 Å². The van der Waals surface area contributed by atoms with Gasteiger partial charge in [0.25, 0.3) is 5.91 Å².